The Kier molecular flexibility index (Phi) is 4.79. The average Bonchev–Trinajstić information content (AvgIpc) is 3.29. The zero-order chi connectivity index (χ0) is 19.0. The number of carbonyl (C=O) groups excluding carboxylic acids is 1. The number of aromatic nitrogens is 4. The van der Waals surface area contributed by atoms with E-state index >= 15 is 0 Å². The molecule has 4 rings (SSSR count). The Morgan fingerprint density at radius 3 is 2.59 bits per heavy atom. The number of anilines is 2. The summed E-state index contributed by atoms with van der Waals surface area (Å²) in [5.41, 5.74) is 0.536. The van der Waals surface area contributed by atoms with E-state index in [4.69, 9.17) is 4.74 Å². The van der Waals surface area contributed by atoms with E-state index in [2.05, 4.69) is 24.9 Å². The molecule has 0 aliphatic carbocycles. The van der Waals surface area contributed by atoms with Crippen LogP contribution in [0.3, 0.4) is 0 Å². The fraction of sp³-hybridized carbons (Fsp3) is 0.438. The maximum absolute atomic E-state index is 11.8. The number of aryl methyl sites for hydroxylation is 1. The van der Waals surface area contributed by atoms with Gasteiger partial charge in [-0.25, -0.2) is 14.3 Å². The SMILES string of the molecule is CCOC(=O)c1cnc(N2CCN(c3nn4c(C)cc(=O)nc4s3)CC2)s1. The molecule has 1 aliphatic heterocycles. The number of nitrogens with zero attached hydrogens (tertiary/aromatic N) is 6. The van der Waals surface area contributed by atoms with Crippen molar-refractivity contribution in [3.05, 3.63) is 33.2 Å². The first-order chi connectivity index (χ1) is 13.0. The summed E-state index contributed by atoms with van der Waals surface area (Å²) in [4.78, 5) is 37.2. The first kappa shape index (κ1) is 17.9. The first-order valence-electron chi connectivity index (χ1n) is 8.55. The second-order valence-electron chi connectivity index (χ2n) is 6.02. The van der Waals surface area contributed by atoms with Gasteiger partial charge in [0.15, 0.2) is 5.13 Å². The molecule has 0 radical (unpaired) electrons. The highest BCUT2D eigenvalue weighted by molar-refractivity contribution is 7.20. The van der Waals surface area contributed by atoms with E-state index in [0.717, 1.165) is 42.1 Å². The van der Waals surface area contributed by atoms with Crippen LogP contribution in [-0.4, -0.2) is 58.3 Å². The molecule has 0 amide bonds. The summed E-state index contributed by atoms with van der Waals surface area (Å²) in [6, 6.07) is 1.48. The molecular formula is C16H18N6O3S2. The largest absolute Gasteiger partial charge is 0.462 e. The van der Waals surface area contributed by atoms with Crippen molar-refractivity contribution in [3.63, 3.8) is 0 Å². The van der Waals surface area contributed by atoms with Gasteiger partial charge >= 0.3 is 5.97 Å². The molecule has 1 saturated heterocycles. The molecule has 11 heteroatoms. The third kappa shape index (κ3) is 3.52. The van der Waals surface area contributed by atoms with Crippen molar-refractivity contribution in [3.8, 4) is 0 Å². The normalized spacial score (nSPS) is 14.7. The van der Waals surface area contributed by atoms with Crippen molar-refractivity contribution >= 4 is 43.9 Å². The number of esters is 1. The third-order valence-electron chi connectivity index (χ3n) is 4.21. The highest BCUT2D eigenvalue weighted by atomic mass is 32.1. The van der Waals surface area contributed by atoms with Crippen LogP contribution in [0.25, 0.3) is 4.96 Å². The number of hydrogen-bond acceptors (Lipinski definition) is 10. The van der Waals surface area contributed by atoms with Crippen molar-refractivity contribution in [1.82, 2.24) is 19.6 Å². The van der Waals surface area contributed by atoms with Gasteiger partial charge in [-0.05, 0) is 13.8 Å². The predicted molar refractivity (Wildman–Crippen MR) is 104 cm³/mol. The Bertz CT molecular complexity index is 1030. The molecule has 0 unspecified atom stereocenters. The summed E-state index contributed by atoms with van der Waals surface area (Å²) in [6.45, 7) is 7.09. The van der Waals surface area contributed by atoms with E-state index < -0.39 is 0 Å². The molecule has 0 saturated carbocycles. The van der Waals surface area contributed by atoms with Crippen LogP contribution in [0.2, 0.25) is 0 Å². The standard InChI is InChI=1S/C16H18N6O3S2/c1-3-25-13(24)11-9-17-14(26-11)20-4-6-21(7-5-20)16-19-22-10(2)8-12(23)18-15(22)27-16/h8-9H,3-7H2,1-2H3. The molecule has 0 atom stereocenters. The Morgan fingerprint density at radius 2 is 1.89 bits per heavy atom. The van der Waals surface area contributed by atoms with Gasteiger partial charge in [0.2, 0.25) is 10.1 Å². The van der Waals surface area contributed by atoms with Gasteiger partial charge in [0.1, 0.15) is 4.88 Å². The van der Waals surface area contributed by atoms with Gasteiger partial charge in [-0.1, -0.05) is 22.7 Å². The van der Waals surface area contributed by atoms with Crippen LogP contribution in [-0.2, 0) is 4.74 Å². The smallest absolute Gasteiger partial charge is 0.350 e. The maximum Gasteiger partial charge on any atom is 0.350 e. The van der Waals surface area contributed by atoms with Gasteiger partial charge in [-0.15, -0.1) is 5.10 Å². The number of thiazole rings is 1. The highest BCUT2D eigenvalue weighted by Gasteiger charge is 2.23. The number of carbonyl (C=O) groups is 1. The maximum atomic E-state index is 11.8. The topological polar surface area (TPSA) is 92.9 Å². The zero-order valence-electron chi connectivity index (χ0n) is 14.9. The minimum absolute atomic E-state index is 0.242. The average molecular weight is 406 g/mol. The minimum Gasteiger partial charge on any atom is -0.462 e. The second-order valence-corrected chi connectivity index (χ2v) is 7.96. The molecule has 3 aromatic rings. The van der Waals surface area contributed by atoms with Gasteiger partial charge in [0, 0.05) is 37.9 Å². The van der Waals surface area contributed by atoms with Crippen molar-refractivity contribution in [1.29, 1.82) is 0 Å². The van der Waals surface area contributed by atoms with Crippen molar-refractivity contribution in [2.75, 3.05) is 42.6 Å². The van der Waals surface area contributed by atoms with Crippen molar-refractivity contribution in [2.24, 2.45) is 0 Å². The lowest BCUT2D eigenvalue weighted by Crippen LogP contribution is -2.46. The molecule has 4 heterocycles. The molecule has 9 nitrogen and oxygen atoms in total. The summed E-state index contributed by atoms with van der Waals surface area (Å²) >= 11 is 2.77. The zero-order valence-corrected chi connectivity index (χ0v) is 16.5. The number of piperazine rings is 1. The lowest BCUT2D eigenvalue weighted by molar-refractivity contribution is 0.0532. The van der Waals surface area contributed by atoms with E-state index in [-0.39, 0.29) is 11.5 Å². The van der Waals surface area contributed by atoms with Crippen LogP contribution in [0, 0.1) is 6.92 Å². The van der Waals surface area contributed by atoms with E-state index in [1.807, 2.05) is 6.92 Å². The Balaban J connectivity index is 1.45. The second kappa shape index (κ2) is 7.24. The van der Waals surface area contributed by atoms with Crippen molar-refractivity contribution < 1.29 is 9.53 Å². The molecular weight excluding hydrogens is 388 g/mol. The van der Waals surface area contributed by atoms with Crippen LogP contribution in [0.4, 0.5) is 10.3 Å². The van der Waals surface area contributed by atoms with E-state index in [9.17, 15) is 9.59 Å². The van der Waals surface area contributed by atoms with Gasteiger partial charge in [0.05, 0.1) is 12.8 Å². The van der Waals surface area contributed by atoms with E-state index in [1.54, 1.807) is 17.6 Å². The lowest BCUT2D eigenvalue weighted by atomic mass is 10.3. The van der Waals surface area contributed by atoms with Crippen LogP contribution >= 0.6 is 22.7 Å². The first-order valence-corrected chi connectivity index (χ1v) is 10.2. The molecule has 0 bridgehead atoms. The number of rotatable bonds is 4. The summed E-state index contributed by atoms with van der Waals surface area (Å²) < 4.78 is 6.73. The Hall–Kier alpha value is -2.53. The Labute approximate surface area is 162 Å². The molecule has 3 aromatic heterocycles. The molecule has 1 fully saturated rings. The molecule has 142 valence electrons. The summed E-state index contributed by atoms with van der Waals surface area (Å²) in [7, 11) is 0. The monoisotopic (exact) mass is 406 g/mol. The molecule has 0 spiro atoms. The summed E-state index contributed by atoms with van der Waals surface area (Å²) in [5, 5.41) is 6.26. The van der Waals surface area contributed by atoms with Gasteiger partial charge in [-0.2, -0.15) is 4.98 Å². The highest BCUT2D eigenvalue weighted by Crippen LogP contribution is 2.27. The van der Waals surface area contributed by atoms with Gasteiger partial charge in [0.25, 0.3) is 5.56 Å². The van der Waals surface area contributed by atoms with E-state index in [1.165, 1.54) is 28.7 Å². The van der Waals surface area contributed by atoms with Crippen LogP contribution in [0.1, 0.15) is 22.3 Å². The fourth-order valence-corrected chi connectivity index (χ4v) is 4.73. The van der Waals surface area contributed by atoms with Crippen LogP contribution < -0.4 is 15.4 Å². The minimum atomic E-state index is -0.327. The predicted octanol–water partition coefficient (Wildman–Crippen LogP) is 1.42. The molecule has 1 aliphatic rings. The Morgan fingerprint density at radius 1 is 1.19 bits per heavy atom. The molecule has 0 aromatic carbocycles. The molecule has 27 heavy (non-hydrogen) atoms. The lowest BCUT2D eigenvalue weighted by Gasteiger charge is -2.34. The van der Waals surface area contributed by atoms with E-state index in [0.29, 0.717) is 16.4 Å². The van der Waals surface area contributed by atoms with Gasteiger partial charge in [-0.3, -0.25) is 4.79 Å². The quantitative estimate of drug-likeness (QED) is 0.601. The molecule has 0 N–H and O–H groups in total. The summed E-state index contributed by atoms with van der Waals surface area (Å²) in [6.07, 6.45) is 1.57. The third-order valence-corrected chi connectivity index (χ3v) is 6.22. The number of fused-ring (bicyclic) bond motifs is 1. The van der Waals surface area contributed by atoms with Crippen molar-refractivity contribution in [2.45, 2.75) is 13.8 Å². The number of hydrogen-bond donors (Lipinski definition) is 0. The van der Waals surface area contributed by atoms with Crippen LogP contribution in [0.5, 0.6) is 0 Å². The fourth-order valence-electron chi connectivity index (χ4n) is 2.86. The van der Waals surface area contributed by atoms with Gasteiger partial charge < -0.3 is 14.5 Å². The summed E-state index contributed by atoms with van der Waals surface area (Å²) in [5.74, 6) is -0.327. The number of ether oxygens (including phenoxy) is 1. The van der Waals surface area contributed by atoms with Crippen LogP contribution in [0.15, 0.2) is 17.1 Å².